The standard InChI is InChI=1S/C20H14ClFN4O7S3/c1-35(30,31)11-3-4-14-12(9-11)18(27)26(20(29)24-14)15-5-2-10(8-13(15)22)23-19(28)25-36(32,33)17-7-6-16(21)34-17/h2-9H,1H3,(H,24,29)(H2,23,25,28). The second kappa shape index (κ2) is 9.16. The van der Waals surface area contributed by atoms with Crippen molar-refractivity contribution in [3.05, 3.63) is 79.5 Å². The fraction of sp³-hybridized carbons (Fsp3) is 0.0500. The Hall–Kier alpha value is -3.53. The molecule has 188 valence electrons. The minimum Gasteiger partial charge on any atom is -0.307 e. The summed E-state index contributed by atoms with van der Waals surface area (Å²) < 4.78 is 65.2. The average molecular weight is 573 g/mol. The number of anilines is 1. The number of hydrogen-bond donors (Lipinski definition) is 3. The maximum Gasteiger partial charge on any atom is 0.333 e. The number of urea groups is 1. The zero-order valence-corrected chi connectivity index (χ0v) is 21.1. The molecule has 2 aromatic heterocycles. The number of amides is 2. The van der Waals surface area contributed by atoms with Crippen molar-refractivity contribution in [1.82, 2.24) is 14.3 Å². The molecule has 0 aliphatic heterocycles. The van der Waals surface area contributed by atoms with E-state index in [1.165, 1.54) is 24.3 Å². The molecule has 4 rings (SSSR count). The molecule has 0 radical (unpaired) electrons. The minimum absolute atomic E-state index is 0.0530. The molecular formula is C20H14ClFN4O7S3. The molecule has 0 saturated heterocycles. The molecule has 2 amide bonds. The summed E-state index contributed by atoms with van der Waals surface area (Å²) in [7, 11) is -7.88. The highest BCUT2D eigenvalue weighted by atomic mass is 35.5. The molecule has 36 heavy (non-hydrogen) atoms. The molecule has 0 atom stereocenters. The van der Waals surface area contributed by atoms with Gasteiger partial charge in [0.2, 0.25) is 0 Å². The lowest BCUT2D eigenvalue weighted by molar-refractivity contribution is 0.256. The number of sulfonamides is 1. The van der Waals surface area contributed by atoms with E-state index in [-0.39, 0.29) is 30.0 Å². The number of aromatic nitrogens is 2. The number of fused-ring (bicyclic) bond motifs is 1. The number of halogens is 2. The molecule has 0 spiro atoms. The van der Waals surface area contributed by atoms with Crippen LogP contribution in [0.15, 0.2) is 67.2 Å². The van der Waals surface area contributed by atoms with Crippen molar-refractivity contribution in [2.24, 2.45) is 0 Å². The summed E-state index contributed by atoms with van der Waals surface area (Å²) in [4.78, 5) is 39.8. The third-order valence-corrected chi connectivity index (χ3v) is 8.95. The van der Waals surface area contributed by atoms with E-state index in [4.69, 9.17) is 11.6 Å². The molecule has 3 N–H and O–H groups in total. The monoisotopic (exact) mass is 572 g/mol. The van der Waals surface area contributed by atoms with Gasteiger partial charge in [-0.2, -0.15) is 0 Å². The van der Waals surface area contributed by atoms with Gasteiger partial charge in [0.25, 0.3) is 15.6 Å². The van der Waals surface area contributed by atoms with Crippen LogP contribution >= 0.6 is 22.9 Å². The number of nitrogens with one attached hydrogen (secondary N) is 3. The molecule has 0 fully saturated rings. The van der Waals surface area contributed by atoms with Crippen molar-refractivity contribution in [2.45, 2.75) is 9.10 Å². The van der Waals surface area contributed by atoms with Gasteiger partial charge in [0, 0.05) is 11.9 Å². The van der Waals surface area contributed by atoms with E-state index in [1.54, 1.807) is 4.72 Å². The van der Waals surface area contributed by atoms with Crippen LogP contribution in [-0.2, 0) is 19.9 Å². The van der Waals surface area contributed by atoms with Gasteiger partial charge in [-0.3, -0.25) is 4.79 Å². The Labute approximate surface area is 211 Å². The van der Waals surface area contributed by atoms with Crippen LogP contribution in [0, 0.1) is 5.82 Å². The Morgan fingerprint density at radius 2 is 1.78 bits per heavy atom. The van der Waals surface area contributed by atoms with Crippen LogP contribution in [-0.4, -0.2) is 38.7 Å². The van der Waals surface area contributed by atoms with Crippen LogP contribution in [0.2, 0.25) is 4.34 Å². The van der Waals surface area contributed by atoms with E-state index in [0.29, 0.717) is 4.57 Å². The number of carbonyl (C=O) groups is 1. The number of benzene rings is 2. The van der Waals surface area contributed by atoms with Crippen LogP contribution in [0.1, 0.15) is 0 Å². The van der Waals surface area contributed by atoms with E-state index >= 15 is 0 Å². The normalized spacial score (nSPS) is 12.0. The smallest absolute Gasteiger partial charge is 0.307 e. The molecule has 4 aromatic rings. The van der Waals surface area contributed by atoms with Gasteiger partial charge in [-0.05, 0) is 48.5 Å². The van der Waals surface area contributed by atoms with Crippen molar-refractivity contribution in [3.8, 4) is 5.69 Å². The predicted molar refractivity (Wildman–Crippen MR) is 132 cm³/mol. The lowest BCUT2D eigenvalue weighted by Crippen LogP contribution is -2.35. The van der Waals surface area contributed by atoms with E-state index in [0.717, 1.165) is 41.9 Å². The van der Waals surface area contributed by atoms with Crippen LogP contribution in [0.25, 0.3) is 16.6 Å². The van der Waals surface area contributed by atoms with Gasteiger partial charge >= 0.3 is 11.7 Å². The summed E-state index contributed by atoms with van der Waals surface area (Å²) in [6.45, 7) is 0. The zero-order valence-electron chi connectivity index (χ0n) is 17.9. The fourth-order valence-corrected chi connectivity index (χ4v) is 6.22. The molecule has 0 aliphatic rings. The van der Waals surface area contributed by atoms with Gasteiger partial charge in [-0.25, -0.2) is 40.1 Å². The third kappa shape index (κ3) is 5.04. The minimum atomic E-state index is -4.22. The molecule has 2 aromatic carbocycles. The van der Waals surface area contributed by atoms with Crippen LogP contribution in [0.4, 0.5) is 14.9 Å². The van der Waals surface area contributed by atoms with Crippen LogP contribution < -0.4 is 21.3 Å². The van der Waals surface area contributed by atoms with Gasteiger partial charge in [0.1, 0.15) is 10.0 Å². The second-order valence-electron chi connectivity index (χ2n) is 7.33. The highest BCUT2D eigenvalue weighted by molar-refractivity contribution is 7.92. The second-order valence-corrected chi connectivity index (χ2v) is 13.0. The summed E-state index contributed by atoms with van der Waals surface area (Å²) in [6.07, 6.45) is 0.945. The first-order valence-corrected chi connectivity index (χ1v) is 14.2. The van der Waals surface area contributed by atoms with Crippen molar-refractivity contribution < 1.29 is 26.0 Å². The first-order chi connectivity index (χ1) is 16.8. The van der Waals surface area contributed by atoms with Crippen molar-refractivity contribution in [3.63, 3.8) is 0 Å². The van der Waals surface area contributed by atoms with E-state index in [9.17, 15) is 35.6 Å². The fourth-order valence-electron chi connectivity index (χ4n) is 3.18. The maximum absolute atomic E-state index is 14.9. The van der Waals surface area contributed by atoms with Crippen molar-refractivity contribution in [1.29, 1.82) is 0 Å². The Morgan fingerprint density at radius 1 is 1.06 bits per heavy atom. The first-order valence-electron chi connectivity index (χ1n) is 9.64. The number of nitrogens with zero attached hydrogens (tertiary/aromatic N) is 1. The Kier molecular flexibility index (Phi) is 6.51. The summed E-state index contributed by atoms with van der Waals surface area (Å²) >= 11 is 6.43. The van der Waals surface area contributed by atoms with Crippen LogP contribution in [0.5, 0.6) is 0 Å². The Balaban J connectivity index is 1.66. The number of hydrogen-bond acceptors (Lipinski definition) is 8. The highest BCUT2D eigenvalue weighted by Gasteiger charge is 2.21. The summed E-state index contributed by atoms with van der Waals surface area (Å²) in [5, 5.41) is 1.97. The molecule has 0 unspecified atom stereocenters. The van der Waals surface area contributed by atoms with Crippen molar-refractivity contribution in [2.75, 3.05) is 11.6 Å². The predicted octanol–water partition coefficient (Wildman–Crippen LogP) is 2.45. The summed E-state index contributed by atoms with van der Waals surface area (Å²) in [5.74, 6) is -1.10. The number of H-pyrrole nitrogens is 1. The quantitative estimate of drug-likeness (QED) is 0.330. The molecule has 2 heterocycles. The first kappa shape index (κ1) is 25.6. The van der Waals surface area contributed by atoms with Gasteiger partial charge in [0.15, 0.2) is 9.84 Å². The van der Waals surface area contributed by atoms with E-state index in [1.807, 2.05) is 0 Å². The molecule has 16 heteroatoms. The number of sulfone groups is 1. The van der Waals surface area contributed by atoms with Gasteiger partial charge in [-0.15, -0.1) is 11.3 Å². The lowest BCUT2D eigenvalue weighted by atomic mass is 10.2. The number of carbonyl (C=O) groups excluding carboxylic acids is 1. The average Bonchev–Trinajstić information content (AvgIpc) is 3.21. The summed E-state index contributed by atoms with van der Waals surface area (Å²) in [5.41, 5.74) is -2.58. The van der Waals surface area contributed by atoms with Gasteiger partial charge < -0.3 is 10.3 Å². The largest absolute Gasteiger partial charge is 0.333 e. The maximum atomic E-state index is 14.9. The molecule has 0 saturated carbocycles. The van der Waals surface area contributed by atoms with Gasteiger partial charge in [0.05, 0.1) is 25.8 Å². The third-order valence-electron chi connectivity index (χ3n) is 4.78. The molecule has 0 bridgehead atoms. The van der Waals surface area contributed by atoms with Crippen LogP contribution in [0.3, 0.4) is 0 Å². The summed E-state index contributed by atoms with van der Waals surface area (Å²) in [6, 6.07) is 7.80. The Morgan fingerprint density at radius 3 is 2.39 bits per heavy atom. The number of rotatable bonds is 5. The lowest BCUT2D eigenvalue weighted by Gasteiger charge is -2.11. The molecule has 0 aliphatic carbocycles. The topological polar surface area (TPSA) is 164 Å². The number of aromatic amines is 1. The van der Waals surface area contributed by atoms with Crippen molar-refractivity contribution >= 4 is 65.4 Å². The molecular weight excluding hydrogens is 559 g/mol. The SMILES string of the molecule is CS(=O)(=O)c1ccc2[nH]c(=O)n(-c3ccc(NC(=O)NS(=O)(=O)c4ccc(Cl)s4)cc3F)c(=O)c2c1. The highest BCUT2D eigenvalue weighted by Crippen LogP contribution is 2.25. The molecule has 11 nitrogen and oxygen atoms in total. The van der Waals surface area contributed by atoms with E-state index in [2.05, 4.69) is 10.3 Å². The van der Waals surface area contributed by atoms with Gasteiger partial charge in [-0.1, -0.05) is 11.6 Å². The Bertz CT molecular complexity index is 1880. The number of thiophene rings is 1. The van der Waals surface area contributed by atoms with E-state index < -0.39 is 48.6 Å². The zero-order chi connectivity index (χ0) is 26.4.